The molecule has 0 saturated carbocycles. The molecule has 1 fully saturated rings. The molecule has 1 saturated heterocycles. The number of nitrogens with one attached hydrogen (secondary N) is 2. The van der Waals surface area contributed by atoms with E-state index in [0.717, 1.165) is 19.6 Å². The summed E-state index contributed by atoms with van der Waals surface area (Å²) >= 11 is 0. The van der Waals surface area contributed by atoms with E-state index < -0.39 is 10.0 Å². The van der Waals surface area contributed by atoms with Crippen molar-refractivity contribution in [3.63, 3.8) is 0 Å². The van der Waals surface area contributed by atoms with Gasteiger partial charge in [-0.15, -0.1) is 0 Å². The highest BCUT2D eigenvalue weighted by Gasteiger charge is 2.13. The molecule has 0 spiro atoms. The number of hydrogen-bond acceptors (Lipinski definition) is 4. The van der Waals surface area contributed by atoms with Gasteiger partial charge in [-0.25, -0.2) is 13.1 Å². The van der Waals surface area contributed by atoms with Crippen LogP contribution >= 0.6 is 0 Å². The molecule has 1 aliphatic rings. The third-order valence-electron chi connectivity index (χ3n) is 2.87. The predicted molar refractivity (Wildman–Crippen MR) is 70.6 cm³/mol. The zero-order chi connectivity index (χ0) is 12.7. The van der Waals surface area contributed by atoms with Crippen molar-refractivity contribution >= 4 is 10.0 Å². The molecule has 5 nitrogen and oxygen atoms in total. The summed E-state index contributed by atoms with van der Waals surface area (Å²) in [5.74, 6) is 0.158. The van der Waals surface area contributed by atoms with E-state index in [1.165, 1.54) is 12.8 Å². The quantitative estimate of drug-likeness (QED) is 0.647. The summed E-state index contributed by atoms with van der Waals surface area (Å²) < 4.78 is 25.9. The van der Waals surface area contributed by atoms with Crippen molar-refractivity contribution < 1.29 is 8.42 Å². The number of nitrogens with zero attached hydrogens (tertiary/aromatic N) is 1. The van der Waals surface area contributed by atoms with E-state index in [2.05, 4.69) is 14.9 Å². The Kier molecular flexibility index (Phi) is 6.40. The SMILES string of the molecule is CC(C)NCCS(=O)(=O)NCCN1CCCC1. The molecule has 0 amide bonds. The third-order valence-corrected chi connectivity index (χ3v) is 4.26. The van der Waals surface area contributed by atoms with Gasteiger partial charge in [-0.1, -0.05) is 13.8 Å². The van der Waals surface area contributed by atoms with Gasteiger partial charge in [-0.2, -0.15) is 0 Å². The molecule has 1 heterocycles. The van der Waals surface area contributed by atoms with Crippen LogP contribution in [0.5, 0.6) is 0 Å². The first-order valence-electron chi connectivity index (χ1n) is 6.43. The molecule has 17 heavy (non-hydrogen) atoms. The Morgan fingerprint density at radius 3 is 2.41 bits per heavy atom. The van der Waals surface area contributed by atoms with Crippen molar-refractivity contribution in [3.05, 3.63) is 0 Å². The van der Waals surface area contributed by atoms with Crippen LogP contribution in [0.15, 0.2) is 0 Å². The zero-order valence-electron chi connectivity index (χ0n) is 10.9. The van der Waals surface area contributed by atoms with Gasteiger partial charge in [-0.05, 0) is 25.9 Å². The predicted octanol–water partition coefficient (Wildman–Crippen LogP) is -0.000400. The molecule has 0 aromatic carbocycles. The first-order chi connectivity index (χ1) is 7.99. The highest BCUT2D eigenvalue weighted by Crippen LogP contribution is 2.05. The first-order valence-corrected chi connectivity index (χ1v) is 8.08. The van der Waals surface area contributed by atoms with Crippen molar-refractivity contribution in [2.75, 3.05) is 38.5 Å². The summed E-state index contributed by atoms with van der Waals surface area (Å²) in [5.41, 5.74) is 0. The van der Waals surface area contributed by atoms with Crippen molar-refractivity contribution in [2.45, 2.75) is 32.7 Å². The molecule has 2 N–H and O–H groups in total. The summed E-state index contributed by atoms with van der Waals surface area (Å²) in [6.45, 7) is 8.10. The van der Waals surface area contributed by atoms with Gasteiger partial charge in [0.1, 0.15) is 0 Å². The minimum Gasteiger partial charge on any atom is -0.313 e. The van der Waals surface area contributed by atoms with Gasteiger partial charge in [0.15, 0.2) is 0 Å². The fourth-order valence-corrected chi connectivity index (χ4v) is 2.85. The fraction of sp³-hybridized carbons (Fsp3) is 1.00. The monoisotopic (exact) mass is 263 g/mol. The molecule has 0 aromatic heterocycles. The van der Waals surface area contributed by atoms with Crippen molar-refractivity contribution in [2.24, 2.45) is 0 Å². The Morgan fingerprint density at radius 2 is 1.82 bits per heavy atom. The molecule has 1 aliphatic heterocycles. The topological polar surface area (TPSA) is 61.4 Å². The van der Waals surface area contributed by atoms with Gasteiger partial charge in [0.2, 0.25) is 10.0 Å². The normalized spacial score (nSPS) is 18.1. The summed E-state index contributed by atoms with van der Waals surface area (Å²) in [4.78, 5) is 2.30. The molecule has 0 unspecified atom stereocenters. The van der Waals surface area contributed by atoms with E-state index in [-0.39, 0.29) is 5.75 Å². The molecule has 0 atom stereocenters. The Hall–Kier alpha value is -0.170. The van der Waals surface area contributed by atoms with Gasteiger partial charge in [-0.3, -0.25) is 0 Å². The lowest BCUT2D eigenvalue weighted by Gasteiger charge is -2.15. The standard InChI is InChI=1S/C11H25N3O2S/c1-11(2)12-6-10-17(15,16)13-5-9-14-7-3-4-8-14/h11-13H,3-10H2,1-2H3. The second-order valence-corrected chi connectivity index (χ2v) is 6.80. The van der Waals surface area contributed by atoms with Crippen LogP contribution in [-0.2, 0) is 10.0 Å². The van der Waals surface area contributed by atoms with Crippen LogP contribution in [0, 0.1) is 0 Å². The maximum Gasteiger partial charge on any atom is 0.212 e. The lowest BCUT2D eigenvalue weighted by atomic mass is 10.4. The van der Waals surface area contributed by atoms with Crippen LogP contribution in [0.3, 0.4) is 0 Å². The van der Waals surface area contributed by atoms with E-state index in [0.29, 0.717) is 19.1 Å². The summed E-state index contributed by atoms with van der Waals surface area (Å²) in [6, 6.07) is 0.329. The number of rotatable bonds is 8. The Morgan fingerprint density at radius 1 is 1.18 bits per heavy atom. The number of likely N-dealkylation sites (tertiary alicyclic amines) is 1. The molecule has 0 aromatic rings. The molecular formula is C11H25N3O2S. The maximum absolute atomic E-state index is 11.6. The maximum atomic E-state index is 11.6. The Bertz CT molecular complexity index is 298. The lowest BCUT2D eigenvalue weighted by molar-refractivity contribution is 0.344. The van der Waals surface area contributed by atoms with E-state index in [4.69, 9.17) is 0 Å². The molecular weight excluding hydrogens is 238 g/mol. The number of sulfonamides is 1. The molecule has 0 radical (unpaired) electrons. The minimum atomic E-state index is -3.11. The molecule has 0 aliphatic carbocycles. The van der Waals surface area contributed by atoms with E-state index in [1.807, 2.05) is 13.8 Å². The molecule has 0 bridgehead atoms. The van der Waals surface area contributed by atoms with Crippen molar-refractivity contribution in [1.29, 1.82) is 0 Å². The summed E-state index contributed by atoms with van der Waals surface area (Å²) in [7, 11) is -3.11. The van der Waals surface area contributed by atoms with Crippen LogP contribution in [0.25, 0.3) is 0 Å². The van der Waals surface area contributed by atoms with Crippen LogP contribution in [0.2, 0.25) is 0 Å². The van der Waals surface area contributed by atoms with E-state index >= 15 is 0 Å². The Balaban J connectivity index is 2.11. The molecule has 1 rings (SSSR count). The smallest absolute Gasteiger partial charge is 0.212 e. The van der Waals surface area contributed by atoms with Crippen LogP contribution in [0.1, 0.15) is 26.7 Å². The van der Waals surface area contributed by atoms with E-state index in [1.54, 1.807) is 0 Å². The van der Waals surface area contributed by atoms with E-state index in [9.17, 15) is 8.42 Å². The second-order valence-electron chi connectivity index (χ2n) is 4.87. The summed E-state index contributed by atoms with van der Waals surface area (Å²) in [6.07, 6.45) is 2.48. The highest BCUT2D eigenvalue weighted by atomic mass is 32.2. The van der Waals surface area contributed by atoms with Crippen LogP contribution in [-0.4, -0.2) is 57.8 Å². The highest BCUT2D eigenvalue weighted by molar-refractivity contribution is 7.89. The van der Waals surface area contributed by atoms with Crippen molar-refractivity contribution in [3.8, 4) is 0 Å². The first kappa shape index (κ1) is 14.9. The fourth-order valence-electron chi connectivity index (χ4n) is 1.92. The molecule has 6 heteroatoms. The van der Waals surface area contributed by atoms with Gasteiger partial charge >= 0.3 is 0 Å². The zero-order valence-corrected chi connectivity index (χ0v) is 11.7. The van der Waals surface area contributed by atoms with Gasteiger partial charge < -0.3 is 10.2 Å². The third kappa shape index (κ3) is 6.98. The average molecular weight is 263 g/mol. The van der Waals surface area contributed by atoms with Gasteiger partial charge in [0.05, 0.1) is 5.75 Å². The van der Waals surface area contributed by atoms with Gasteiger partial charge in [0, 0.05) is 25.7 Å². The minimum absolute atomic E-state index is 0.158. The van der Waals surface area contributed by atoms with Gasteiger partial charge in [0.25, 0.3) is 0 Å². The summed E-state index contributed by atoms with van der Waals surface area (Å²) in [5, 5.41) is 3.10. The molecule has 102 valence electrons. The van der Waals surface area contributed by atoms with Crippen molar-refractivity contribution in [1.82, 2.24) is 14.9 Å². The lowest BCUT2D eigenvalue weighted by Crippen LogP contribution is -2.38. The second kappa shape index (κ2) is 7.31. The average Bonchev–Trinajstić information content (AvgIpc) is 2.69. The van der Waals surface area contributed by atoms with Crippen LogP contribution < -0.4 is 10.0 Å². The Labute approximate surface area is 105 Å². The van der Waals surface area contributed by atoms with Crippen LogP contribution in [0.4, 0.5) is 0 Å². The number of hydrogen-bond donors (Lipinski definition) is 2. The largest absolute Gasteiger partial charge is 0.313 e.